The molecule has 0 radical (unpaired) electrons. The zero-order valence-electron chi connectivity index (χ0n) is 29.4. The number of anilines is 8. The predicted molar refractivity (Wildman–Crippen MR) is 213 cm³/mol. The van der Waals surface area contributed by atoms with Gasteiger partial charge in [-0.25, -0.2) is 0 Å². The molecule has 1 aliphatic carbocycles. The molecule has 0 N–H and O–H groups in total. The molecule has 3 nitrogen and oxygen atoms in total. The minimum atomic E-state index is -0.0360. The van der Waals surface area contributed by atoms with Gasteiger partial charge in [0.15, 0.2) is 0 Å². The van der Waals surface area contributed by atoms with Crippen LogP contribution < -0.4 is 31.1 Å². The molecule has 0 bridgehead atoms. The summed E-state index contributed by atoms with van der Waals surface area (Å²) in [5.41, 5.74) is 18.6. The van der Waals surface area contributed by atoms with Crippen LogP contribution in [-0.2, 0) is 5.41 Å². The van der Waals surface area contributed by atoms with E-state index in [-0.39, 0.29) is 17.7 Å². The first-order valence-corrected chi connectivity index (χ1v) is 18.4. The highest BCUT2D eigenvalue weighted by Crippen LogP contribution is 2.62. The summed E-state index contributed by atoms with van der Waals surface area (Å²) in [7, 11) is 0. The van der Waals surface area contributed by atoms with Crippen LogP contribution in [0.2, 0.25) is 0 Å². The molecule has 2 atom stereocenters. The largest absolute Gasteiger partial charge is 0.335 e. The van der Waals surface area contributed by atoms with Gasteiger partial charge in [0.05, 0.1) is 11.2 Å². The van der Waals surface area contributed by atoms with E-state index in [1.807, 2.05) is 0 Å². The fourth-order valence-corrected chi connectivity index (χ4v) is 10.3. The normalized spacial score (nSPS) is 20.9. The first-order chi connectivity index (χ1) is 24.4. The Bertz CT molecular complexity index is 2280. The number of rotatable bonds is 4. The summed E-state index contributed by atoms with van der Waals surface area (Å²) in [6.07, 6.45) is 4.94. The Hall–Kier alpha value is -5.22. The lowest BCUT2D eigenvalue weighted by molar-refractivity contribution is 0.195. The highest BCUT2D eigenvalue weighted by Gasteiger charge is 2.61. The van der Waals surface area contributed by atoms with Crippen LogP contribution >= 0.6 is 0 Å². The molecule has 244 valence electrons. The molecule has 2 unspecified atom stereocenters. The fourth-order valence-electron chi connectivity index (χ4n) is 10.3. The summed E-state index contributed by atoms with van der Waals surface area (Å²) in [6, 6.07) is 50.0. The molecule has 6 aromatic carbocycles. The van der Waals surface area contributed by atoms with Gasteiger partial charge in [0.1, 0.15) is 0 Å². The van der Waals surface area contributed by atoms with Crippen molar-refractivity contribution in [3.05, 3.63) is 150 Å². The summed E-state index contributed by atoms with van der Waals surface area (Å²) in [4.78, 5) is 7.88. The number of nitrogens with zero attached hydrogens (tertiary/aromatic N) is 3. The molecule has 3 aliphatic heterocycles. The third-order valence-corrected chi connectivity index (χ3v) is 12.8. The standard InChI is InChI=1S/C46H42BN3/c1-31-17-11-12-26-39(31)49-40-29-35(48(33-19-7-5-8-20-33)34-21-9-6-10-22-34)30-41-42(40)47(37-24-15-18-32(2)43(37)49)38-25-16-23-36-44(38)50(41)46(4)28-14-13-27-45(36,46)3/h5-12,15-26,29-30H,13-14,27-28H2,1-4H3. The minimum absolute atomic E-state index is 0.0360. The molecular formula is C46H42BN3. The second kappa shape index (κ2) is 10.6. The van der Waals surface area contributed by atoms with Gasteiger partial charge in [-0.15, -0.1) is 0 Å². The van der Waals surface area contributed by atoms with Crippen molar-refractivity contribution >= 4 is 68.6 Å². The van der Waals surface area contributed by atoms with Gasteiger partial charge < -0.3 is 14.7 Å². The Morgan fingerprint density at radius 1 is 0.560 bits per heavy atom. The SMILES string of the molecule is Cc1ccccc1N1c2cc(N(c3ccccc3)c3ccccc3)cc3c2B(c2cccc(C)c21)c1cccc2c1N3C1(C)CCCCC21C. The molecule has 6 aromatic rings. The van der Waals surface area contributed by atoms with Gasteiger partial charge in [-0.1, -0.05) is 111 Å². The second-order valence-corrected chi connectivity index (χ2v) is 15.4. The highest BCUT2D eigenvalue weighted by atomic mass is 15.3. The number of hydrogen-bond donors (Lipinski definition) is 0. The maximum atomic E-state index is 2.83. The van der Waals surface area contributed by atoms with Crippen LogP contribution in [0.1, 0.15) is 56.2 Å². The van der Waals surface area contributed by atoms with Crippen LogP contribution in [0.25, 0.3) is 0 Å². The van der Waals surface area contributed by atoms with Crippen molar-refractivity contribution in [2.45, 2.75) is 64.3 Å². The average molecular weight is 648 g/mol. The topological polar surface area (TPSA) is 9.72 Å². The number of aryl methyl sites for hydroxylation is 2. The zero-order valence-corrected chi connectivity index (χ0v) is 29.4. The van der Waals surface area contributed by atoms with Gasteiger partial charge in [0.2, 0.25) is 0 Å². The lowest BCUT2D eigenvalue weighted by Crippen LogP contribution is -2.64. The van der Waals surface area contributed by atoms with Crippen LogP contribution in [0.4, 0.5) is 45.5 Å². The molecule has 4 heteroatoms. The van der Waals surface area contributed by atoms with E-state index >= 15 is 0 Å². The quantitative estimate of drug-likeness (QED) is 0.176. The van der Waals surface area contributed by atoms with E-state index in [2.05, 4.69) is 176 Å². The Kier molecular flexibility index (Phi) is 6.32. The second-order valence-electron chi connectivity index (χ2n) is 15.4. The number of hydrogen-bond acceptors (Lipinski definition) is 3. The third kappa shape index (κ3) is 3.82. The summed E-state index contributed by atoms with van der Waals surface area (Å²) in [6.45, 7) is 9.83. The van der Waals surface area contributed by atoms with Gasteiger partial charge in [-0.2, -0.15) is 0 Å². The molecule has 0 amide bonds. The molecule has 4 aliphatic rings. The van der Waals surface area contributed by atoms with Crippen molar-refractivity contribution in [1.82, 2.24) is 0 Å². The van der Waals surface area contributed by atoms with Crippen molar-refractivity contribution < 1.29 is 0 Å². The van der Waals surface area contributed by atoms with Crippen molar-refractivity contribution in [2.24, 2.45) is 0 Å². The van der Waals surface area contributed by atoms with Crippen LogP contribution in [0.5, 0.6) is 0 Å². The van der Waals surface area contributed by atoms with Gasteiger partial charge in [0, 0.05) is 45.2 Å². The van der Waals surface area contributed by atoms with E-state index in [0.717, 1.165) is 11.4 Å². The van der Waals surface area contributed by atoms with Crippen molar-refractivity contribution in [3.8, 4) is 0 Å². The first-order valence-electron chi connectivity index (χ1n) is 18.4. The van der Waals surface area contributed by atoms with Crippen LogP contribution in [-0.4, -0.2) is 12.3 Å². The smallest absolute Gasteiger partial charge is 0.252 e. The highest BCUT2D eigenvalue weighted by molar-refractivity contribution is 7.00. The van der Waals surface area contributed by atoms with Gasteiger partial charge in [0.25, 0.3) is 6.71 Å². The van der Waals surface area contributed by atoms with E-state index in [9.17, 15) is 0 Å². The lowest BCUT2D eigenvalue weighted by atomic mass is 9.33. The molecule has 10 rings (SSSR count). The Labute approximate surface area is 296 Å². The van der Waals surface area contributed by atoms with Crippen LogP contribution in [0.3, 0.4) is 0 Å². The van der Waals surface area contributed by atoms with E-state index in [4.69, 9.17) is 0 Å². The van der Waals surface area contributed by atoms with E-state index in [1.54, 1.807) is 0 Å². The third-order valence-electron chi connectivity index (χ3n) is 12.8. The summed E-state index contributed by atoms with van der Waals surface area (Å²) < 4.78 is 0. The maximum absolute atomic E-state index is 2.83. The van der Waals surface area contributed by atoms with Gasteiger partial charge in [-0.3, -0.25) is 0 Å². The zero-order chi connectivity index (χ0) is 33.8. The molecule has 3 heterocycles. The minimum Gasteiger partial charge on any atom is -0.335 e. The van der Waals surface area contributed by atoms with Crippen LogP contribution in [0, 0.1) is 13.8 Å². The van der Waals surface area contributed by atoms with E-state index < -0.39 is 0 Å². The average Bonchev–Trinajstić information content (AvgIpc) is 3.36. The van der Waals surface area contributed by atoms with Crippen molar-refractivity contribution in [3.63, 3.8) is 0 Å². The molecule has 0 aromatic heterocycles. The number of para-hydroxylation sites is 5. The summed E-state index contributed by atoms with van der Waals surface area (Å²) in [5.74, 6) is 0. The molecule has 50 heavy (non-hydrogen) atoms. The Morgan fingerprint density at radius 2 is 1.16 bits per heavy atom. The monoisotopic (exact) mass is 647 g/mol. The van der Waals surface area contributed by atoms with E-state index in [0.29, 0.717) is 0 Å². The molecular weight excluding hydrogens is 605 g/mol. The molecule has 0 spiro atoms. The molecule has 0 saturated heterocycles. The fraction of sp³-hybridized carbons (Fsp3) is 0.217. The maximum Gasteiger partial charge on any atom is 0.252 e. The predicted octanol–water partition coefficient (Wildman–Crippen LogP) is 10.1. The Morgan fingerprint density at radius 3 is 1.88 bits per heavy atom. The van der Waals surface area contributed by atoms with Crippen molar-refractivity contribution in [1.29, 1.82) is 0 Å². The van der Waals surface area contributed by atoms with Crippen LogP contribution in [0.15, 0.2) is 133 Å². The van der Waals surface area contributed by atoms with Gasteiger partial charge in [-0.05, 0) is 109 Å². The van der Waals surface area contributed by atoms with Crippen molar-refractivity contribution in [2.75, 3.05) is 14.7 Å². The lowest BCUT2D eigenvalue weighted by Gasteiger charge is -2.53. The number of benzene rings is 6. The molecule has 1 saturated carbocycles. The molecule has 1 fully saturated rings. The first kappa shape index (κ1) is 29.7. The van der Waals surface area contributed by atoms with E-state index in [1.165, 1.54) is 92.9 Å². The van der Waals surface area contributed by atoms with Gasteiger partial charge >= 0.3 is 0 Å². The summed E-state index contributed by atoms with van der Waals surface area (Å²) in [5, 5.41) is 0. The number of fused-ring (bicyclic) bond motifs is 7. The Balaban J connectivity index is 1.36. The summed E-state index contributed by atoms with van der Waals surface area (Å²) >= 11 is 0.